The average molecular weight is 656 g/mol. The lowest BCUT2D eigenvalue weighted by Crippen LogP contribution is -2.33. The van der Waals surface area contributed by atoms with Gasteiger partial charge < -0.3 is 19.9 Å². The number of likely N-dealkylation sites (tertiary alicyclic amines) is 1. The van der Waals surface area contributed by atoms with E-state index >= 15 is 0 Å². The lowest BCUT2D eigenvalue weighted by atomic mass is 9.87. The SMILES string of the molecule is CC(C)(C)c1ccc(O[C@@H](Cc2ccc(OCCN[C@H]3C4CN(Cc5c(F)cc(F)cc5F)C[C@@H]43)cc2)C(=O)O)cc1.Cl.Cl. The van der Waals surface area contributed by atoms with Gasteiger partial charge in [-0.15, -0.1) is 24.8 Å². The van der Waals surface area contributed by atoms with Crippen molar-refractivity contribution < 1.29 is 32.5 Å². The fourth-order valence-corrected chi connectivity index (χ4v) is 5.70. The molecule has 0 radical (unpaired) electrons. The molecule has 44 heavy (non-hydrogen) atoms. The molecule has 3 aromatic rings. The molecule has 1 saturated carbocycles. The van der Waals surface area contributed by atoms with Gasteiger partial charge in [-0.1, -0.05) is 45.0 Å². The Bertz CT molecular complexity index is 1370. The molecule has 2 aliphatic rings. The zero-order chi connectivity index (χ0) is 30.0. The summed E-state index contributed by atoms with van der Waals surface area (Å²) in [5, 5.41) is 13.2. The molecule has 1 unspecified atom stereocenters. The van der Waals surface area contributed by atoms with Gasteiger partial charge >= 0.3 is 5.97 Å². The summed E-state index contributed by atoms with van der Waals surface area (Å²) in [6.45, 7) is 9.10. The van der Waals surface area contributed by atoms with Gasteiger partial charge in [0, 0.05) is 56.3 Å². The Labute approximate surface area is 268 Å². The lowest BCUT2D eigenvalue weighted by Gasteiger charge is -2.20. The second-order valence-corrected chi connectivity index (χ2v) is 12.3. The number of nitrogens with one attached hydrogen (secondary N) is 1. The number of rotatable bonds is 12. The topological polar surface area (TPSA) is 71.0 Å². The highest BCUT2D eigenvalue weighted by Crippen LogP contribution is 2.46. The largest absolute Gasteiger partial charge is 0.492 e. The standard InChI is InChI=1S/C33H37F3N2O4.2ClH/c1-33(2,3)21-6-10-24(11-7-21)42-30(32(39)40)14-20-4-8-23(9-5-20)41-13-12-37-31-25-17-38(18-26(25)31)19-27-28(35)15-22(34)16-29(27)36;;/h4-11,15-16,25-26,30-31,37H,12-14,17-19H2,1-3H3,(H,39,40);2*1H/t25-,26?,30-,31+;;/m0../s1. The van der Waals surface area contributed by atoms with E-state index in [-0.39, 0.29) is 48.8 Å². The van der Waals surface area contributed by atoms with Crippen LogP contribution in [-0.2, 0) is 23.2 Å². The van der Waals surface area contributed by atoms with Crippen LogP contribution in [0, 0.1) is 29.3 Å². The summed E-state index contributed by atoms with van der Waals surface area (Å²) in [6, 6.07) is 16.7. The van der Waals surface area contributed by atoms with E-state index in [0.717, 1.165) is 36.3 Å². The van der Waals surface area contributed by atoms with E-state index in [1.54, 1.807) is 0 Å². The molecule has 1 heterocycles. The molecule has 3 aromatic carbocycles. The van der Waals surface area contributed by atoms with E-state index in [9.17, 15) is 23.1 Å². The fraction of sp³-hybridized carbons (Fsp3) is 0.424. The molecule has 0 amide bonds. The second kappa shape index (κ2) is 14.9. The maximum Gasteiger partial charge on any atom is 0.345 e. The third-order valence-electron chi connectivity index (χ3n) is 8.13. The van der Waals surface area contributed by atoms with Gasteiger partial charge in [0.05, 0.1) is 0 Å². The molecular weight excluding hydrogens is 616 g/mol. The average Bonchev–Trinajstić information content (AvgIpc) is 3.37. The van der Waals surface area contributed by atoms with Gasteiger partial charge in [-0.3, -0.25) is 4.90 Å². The van der Waals surface area contributed by atoms with E-state index < -0.39 is 29.5 Å². The third-order valence-corrected chi connectivity index (χ3v) is 8.13. The second-order valence-electron chi connectivity index (χ2n) is 12.3. The minimum atomic E-state index is -1.02. The summed E-state index contributed by atoms with van der Waals surface area (Å²) >= 11 is 0. The van der Waals surface area contributed by atoms with Gasteiger partial charge in [-0.2, -0.15) is 0 Å². The highest BCUT2D eigenvalue weighted by atomic mass is 35.5. The van der Waals surface area contributed by atoms with Crippen LogP contribution in [0.2, 0.25) is 0 Å². The van der Waals surface area contributed by atoms with Crippen molar-refractivity contribution >= 4 is 30.8 Å². The van der Waals surface area contributed by atoms with Gasteiger partial charge in [0.1, 0.15) is 35.6 Å². The Hall–Kier alpha value is -2.98. The quantitative estimate of drug-likeness (QED) is 0.220. The summed E-state index contributed by atoms with van der Waals surface area (Å²) in [7, 11) is 0. The summed E-state index contributed by atoms with van der Waals surface area (Å²) < 4.78 is 52.7. The van der Waals surface area contributed by atoms with Crippen LogP contribution in [0.1, 0.15) is 37.5 Å². The highest BCUT2D eigenvalue weighted by molar-refractivity contribution is 5.85. The first kappa shape index (κ1) is 35.5. The van der Waals surface area contributed by atoms with Crippen molar-refractivity contribution in [3.05, 3.63) is 94.8 Å². The van der Waals surface area contributed by atoms with Crippen LogP contribution in [0.4, 0.5) is 13.2 Å². The van der Waals surface area contributed by atoms with Crippen LogP contribution in [0.5, 0.6) is 11.5 Å². The zero-order valence-electron chi connectivity index (χ0n) is 24.9. The fourth-order valence-electron chi connectivity index (χ4n) is 5.70. The molecule has 4 atom stereocenters. The van der Waals surface area contributed by atoms with E-state index in [0.29, 0.717) is 42.5 Å². The van der Waals surface area contributed by atoms with E-state index in [1.165, 1.54) is 0 Å². The molecule has 0 spiro atoms. The van der Waals surface area contributed by atoms with Gasteiger partial charge in [0.25, 0.3) is 0 Å². The Morgan fingerprint density at radius 3 is 2.07 bits per heavy atom. The Kier molecular flexibility index (Phi) is 12.0. The van der Waals surface area contributed by atoms with Crippen molar-refractivity contribution in [2.24, 2.45) is 11.8 Å². The van der Waals surface area contributed by atoms with E-state index in [4.69, 9.17) is 9.47 Å². The van der Waals surface area contributed by atoms with E-state index in [1.807, 2.05) is 53.4 Å². The molecule has 2 fully saturated rings. The van der Waals surface area contributed by atoms with Crippen molar-refractivity contribution in [2.45, 2.75) is 51.3 Å². The van der Waals surface area contributed by atoms with Gasteiger partial charge in [-0.05, 0) is 52.6 Å². The van der Waals surface area contributed by atoms with Gasteiger partial charge in [0.15, 0.2) is 6.10 Å². The molecule has 5 rings (SSSR count). The number of benzene rings is 3. The van der Waals surface area contributed by atoms with Crippen molar-refractivity contribution in [3.63, 3.8) is 0 Å². The van der Waals surface area contributed by atoms with Crippen LogP contribution in [0.25, 0.3) is 0 Å². The summed E-state index contributed by atoms with van der Waals surface area (Å²) in [6.07, 6.45) is -0.788. The number of ether oxygens (including phenoxy) is 2. The molecule has 6 nitrogen and oxygen atoms in total. The number of carbonyl (C=O) groups is 1. The van der Waals surface area contributed by atoms with Crippen molar-refractivity contribution in [1.82, 2.24) is 10.2 Å². The molecule has 11 heteroatoms. The molecule has 1 aliphatic heterocycles. The first-order valence-corrected chi connectivity index (χ1v) is 14.3. The predicted molar refractivity (Wildman–Crippen MR) is 168 cm³/mol. The number of carboxylic acid groups (broad SMARTS) is 1. The minimum Gasteiger partial charge on any atom is -0.492 e. The van der Waals surface area contributed by atoms with Crippen molar-refractivity contribution in [3.8, 4) is 11.5 Å². The summed E-state index contributed by atoms with van der Waals surface area (Å²) in [5.74, 6) is -1.55. The number of fused-ring (bicyclic) bond motifs is 1. The lowest BCUT2D eigenvalue weighted by molar-refractivity contribution is -0.145. The highest BCUT2D eigenvalue weighted by Gasteiger charge is 2.55. The number of nitrogens with zero attached hydrogens (tertiary/aromatic N) is 1. The first-order valence-electron chi connectivity index (χ1n) is 14.3. The summed E-state index contributed by atoms with van der Waals surface area (Å²) in [5.41, 5.74) is 1.89. The Morgan fingerprint density at radius 1 is 0.955 bits per heavy atom. The van der Waals surface area contributed by atoms with Crippen LogP contribution < -0.4 is 14.8 Å². The van der Waals surface area contributed by atoms with E-state index in [2.05, 4.69) is 26.1 Å². The molecule has 240 valence electrons. The number of hydrogen-bond acceptors (Lipinski definition) is 5. The van der Waals surface area contributed by atoms with Gasteiger partial charge in [0.2, 0.25) is 0 Å². The van der Waals surface area contributed by atoms with Crippen LogP contribution in [-0.4, -0.2) is 54.4 Å². The van der Waals surface area contributed by atoms with Crippen LogP contribution in [0.3, 0.4) is 0 Å². The smallest absolute Gasteiger partial charge is 0.345 e. The summed E-state index contributed by atoms with van der Waals surface area (Å²) in [4.78, 5) is 13.9. The Morgan fingerprint density at radius 2 is 1.52 bits per heavy atom. The van der Waals surface area contributed by atoms with Gasteiger partial charge in [-0.25, -0.2) is 18.0 Å². The van der Waals surface area contributed by atoms with Crippen LogP contribution in [0.15, 0.2) is 60.7 Å². The maximum atomic E-state index is 14.0. The monoisotopic (exact) mass is 654 g/mol. The van der Waals surface area contributed by atoms with Crippen molar-refractivity contribution in [2.75, 3.05) is 26.2 Å². The van der Waals surface area contributed by atoms with Crippen LogP contribution >= 0.6 is 24.8 Å². The predicted octanol–water partition coefficient (Wildman–Crippen LogP) is 6.42. The molecule has 1 aliphatic carbocycles. The molecule has 0 bridgehead atoms. The number of hydrogen-bond donors (Lipinski definition) is 2. The maximum absolute atomic E-state index is 14.0. The first-order chi connectivity index (χ1) is 20.0. The molecule has 2 N–H and O–H groups in total. The van der Waals surface area contributed by atoms with Crippen molar-refractivity contribution in [1.29, 1.82) is 0 Å². The zero-order valence-corrected chi connectivity index (χ0v) is 26.5. The third kappa shape index (κ3) is 8.81. The Balaban J connectivity index is 0.00000264. The minimum absolute atomic E-state index is 0. The normalized spacial score (nSPS) is 19.7. The molecular formula is C33H39Cl2F3N2O4. The number of halogens is 5. The number of carboxylic acids is 1. The molecule has 0 aromatic heterocycles. The molecule has 1 saturated heterocycles. The number of piperidine rings is 1. The number of aliphatic carboxylic acids is 1.